The fourth-order valence-electron chi connectivity index (χ4n) is 1.21. The van der Waals surface area contributed by atoms with Crippen LogP contribution in [0.2, 0.25) is 0 Å². The van der Waals surface area contributed by atoms with Gasteiger partial charge in [-0.2, -0.15) is 0 Å². The van der Waals surface area contributed by atoms with E-state index >= 15 is 0 Å². The van der Waals surface area contributed by atoms with Gasteiger partial charge in [-0.3, -0.25) is 4.90 Å². The van der Waals surface area contributed by atoms with Crippen molar-refractivity contribution in [2.24, 2.45) is 0 Å². The zero-order valence-corrected chi connectivity index (χ0v) is 8.05. The summed E-state index contributed by atoms with van der Waals surface area (Å²) in [6.07, 6.45) is 0.629. The maximum atomic E-state index is 11.0. The molecule has 0 bridgehead atoms. The lowest BCUT2D eigenvalue weighted by Crippen LogP contribution is -2.36. The van der Waals surface area contributed by atoms with Crippen LogP contribution in [0.5, 0.6) is 0 Å². The smallest absolute Gasteiger partial charge is 0.412 e. The van der Waals surface area contributed by atoms with Gasteiger partial charge in [-0.1, -0.05) is 24.3 Å². The molecule has 14 heavy (non-hydrogen) atoms. The Kier molecular flexibility index (Phi) is 3.29. The molecule has 0 heterocycles. The number of nitrogens with zero attached hydrogens (tertiary/aromatic N) is 1. The molecule has 1 N–H and O–H groups in total. The topological polar surface area (TPSA) is 40.5 Å². The van der Waals surface area contributed by atoms with E-state index in [0.29, 0.717) is 5.69 Å². The van der Waals surface area contributed by atoms with Crippen LogP contribution in [0.4, 0.5) is 10.5 Å². The van der Waals surface area contributed by atoms with E-state index in [9.17, 15) is 4.79 Å². The average Bonchev–Trinajstić information content (AvgIpc) is 2.19. The van der Waals surface area contributed by atoms with Crippen LogP contribution < -0.4 is 4.90 Å². The minimum Gasteiger partial charge on any atom is -0.465 e. The summed E-state index contributed by atoms with van der Waals surface area (Å²) in [5, 5.41) is 9.01. The highest BCUT2D eigenvalue weighted by atomic mass is 16.4. The van der Waals surface area contributed by atoms with Gasteiger partial charge in [0.2, 0.25) is 0 Å². The summed E-state index contributed by atoms with van der Waals surface area (Å²) in [5.41, 5.74) is 0.660. The number of carboxylic acid groups (broad SMARTS) is 1. The lowest BCUT2D eigenvalue weighted by Gasteiger charge is -2.23. The Hall–Kier alpha value is -1.77. The highest BCUT2D eigenvalue weighted by Crippen LogP contribution is 2.16. The molecule has 1 amide bonds. The maximum absolute atomic E-state index is 11.0. The fraction of sp³-hybridized carbons (Fsp3) is 0.182. The van der Waals surface area contributed by atoms with Gasteiger partial charge in [0.15, 0.2) is 0 Å². The van der Waals surface area contributed by atoms with Gasteiger partial charge in [0.25, 0.3) is 0 Å². The van der Waals surface area contributed by atoms with Crippen LogP contribution in [0.15, 0.2) is 43.0 Å². The Bertz CT molecular complexity index is 321. The van der Waals surface area contributed by atoms with Crippen molar-refractivity contribution in [2.75, 3.05) is 4.90 Å². The van der Waals surface area contributed by atoms with E-state index in [0.717, 1.165) is 0 Å². The van der Waals surface area contributed by atoms with Crippen LogP contribution in [-0.2, 0) is 0 Å². The number of carbonyl (C=O) groups is 1. The lowest BCUT2D eigenvalue weighted by atomic mass is 10.2. The first-order chi connectivity index (χ1) is 6.66. The molecule has 1 rings (SSSR count). The fourth-order valence-corrected chi connectivity index (χ4v) is 1.21. The zero-order chi connectivity index (χ0) is 10.6. The Balaban J connectivity index is 3.00. The Labute approximate surface area is 83.3 Å². The molecule has 0 aromatic heterocycles. The maximum Gasteiger partial charge on any atom is 0.412 e. The molecule has 1 unspecified atom stereocenters. The van der Waals surface area contributed by atoms with E-state index in [1.807, 2.05) is 6.07 Å². The normalized spacial score (nSPS) is 11.8. The van der Waals surface area contributed by atoms with Crippen LogP contribution in [0.25, 0.3) is 0 Å². The van der Waals surface area contributed by atoms with E-state index in [2.05, 4.69) is 6.58 Å². The van der Waals surface area contributed by atoms with Crippen molar-refractivity contribution in [3.8, 4) is 0 Å². The molecule has 74 valence electrons. The molecule has 0 aliphatic carbocycles. The molecule has 0 aliphatic heterocycles. The van der Waals surface area contributed by atoms with Gasteiger partial charge < -0.3 is 5.11 Å². The van der Waals surface area contributed by atoms with Gasteiger partial charge in [-0.15, -0.1) is 6.58 Å². The molecule has 1 aromatic rings. The zero-order valence-electron chi connectivity index (χ0n) is 8.05. The molecular weight excluding hydrogens is 178 g/mol. The summed E-state index contributed by atoms with van der Waals surface area (Å²) in [6.45, 7) is 5.37. The molecule has 0 radical (unpaired) electrons. The summed E-state index contributed by atoms with van der Waals surface area (Å²) in [6, 6.07) is 8.75. The molecule has 0 fully saturated rings. The molecular formula is C11H13NO2. The molecule has 3 heteroatoms. The van der Waals surface area contributed by atoms with Crippen molar-refractivity contribution in [1.82, 2.24) is 0 Å². The van der Waals surface area contributed by atoms with Gasteiger partial charge in [0.05, 0.1) is 6.04 Å². The summed E-state index contributed by atoms with van der Waals surface area (Å²) in [5.74, 6) is 0. The largest absolute Gasteiger partial charge is 0.465 e. The Morgan fingerprint density at radius 3 is 2.50 bits per heavy atom. The number of hydrogen-bond donors (Lipinski definition) is 1. The standard InChI is InChI=1S/C11H13NO2/c1-3-9(2)12(11(13)14)10-7-5-4-6-8-10/h3-9H,1H2,2H3,(H,13,14). The molecule has 0 saturated heterocycles. The lowest BCUT2D eigenvalue weighted by molar-refractivity contribution is 0.200. The van der Waals surface area contributed by atoms with E-state index in [1.54, 1.807) is 37.3 Å². The molecule has 1 atom stereocenters. The van der Waals surface area contributed by atoms with Gasteiger partial charge in [0.1, 0.15) is 0 Å². The predicted molar refractivity (Wildman–Crippen MR) is 56.6 cm³/mol. The van der Waals surface area contributed by atoms with Crippen molar-refractivity contribution in [2.45, 2.75) is 13.0 Å². The van der Waals surface area contributed by atoms with Crippen LogP contribution in [-0.4, -0.2) is 17.2 Å². The van der Waals surface area contributed by atoms with E-state index in [-0.39, 0.29) is 6.04 Å². The highest BCUT2D eigenvalue weighted by molar-refractivity contribution is 5.86. The van der Waals surface area contributed by atoms with Crippen LogP contribution in [0.3, 0.4) is 0 Å². The number of anilines is 1. The minimum absolute atomic E-state index is 0.227. The Morgan fingerprint density at radius 2 is 2.07 bits per heavy atom. The first-order valence-corrected chi connectivity index (χ1v) is 4.36. The summed E-state index contributed by atoms with van der Waals surface area (Å²) >= 11 is 0. The van der Waals surface area contributed by atoms with Gasteiger partial charge in [0, 0.05) is 5.69 Å². The monoisotopic (exact) mass is 191 g/mol. The van der Waals surface area contributed by atoms with Crippen molar-refractivity contribution in [1.29, 1.82) is 0 Å². The summed E-state index contributed by atoms with van der Waals surface area (Å²) in [4.78, 5) is 12.2. The predicted octanol–water partition coefficient (Wildman–Crippen LogP) is 2.75. The number of rotatable bonds is 3. The van der Waals surface area contributed by atoms with Crippen molar-refractivity contribution >= 4 is 11.8 Å². The third-order valence-corrected chi connectivity index (χ3v) is 1.99. The van der Waals surface area contributed by atoms with Gasteiger partial charge in [-0.05, 0) is 19.1 Å². The second-order valence-corrected chi connectivity index (χ2v) is 2.96. The molecule has 3 nitrogen and oxygen atoms in total. The van der Waals surface area contributed by atoms with Crippen molar-refractivity contribution in [3.63, 3.8) is 0 Å². The van der Waals surface area contributed by atoms with E-state index in [4.69, 9.17) is 5.11 Å². The van der Waals surface area contributed by atoms with Crippen LogP contribution >= 0.6 is 0 Å². The summed E-state index contributed by atoms with van der Waals surface area (Å²) in [7, 11) is 0. The van der Waals surface area contributed by atoms with E-state index in [1.165, 1.54) is 4.90 Å². The molecule has 0 aliphatic rings. The van der Waals surface area contributed by atoms with Crippen molar-refractivity contribution < 1.29 is 9.90 Å². The number of amides is 1. The highest BCUT2D eigenvalue weighted by Gasteiger charge is 2.17. The third-order valence-electron chi connectivity index (χ3n) is 1.99. The van der Waals surface area contributed by atoms with E-state index < -0.39 is 6.09 Å². The SMILES string of the molecule is C=CC(C)N(C(=O)O)c1ccccc1. The number of hydrogen-bond acceptors (Lipinski definition) is 1. The van der Waals surface area contributed by atoms with Crippen LogP contribution in [0, 0.1) is 0 Å². The second kappa shape index (κ2) is 4.46. The third kappa shape index (κ3) is 2.13. The quantitative estimate of drug-likeness (QED) is 0.746. The van der Waals surface area contributed by atoms with Crippen LogP contribution in [0.1, 0.15) is 6.92 Å². The molecule has 0 saturated carbocycles. The van der Waals surface area contributed by atoms with Gasteiger partial charge in [-0.25, -0.2) is 4.79 Å². The molecule has 1 aromatic carbocycles. The molecule has 0 spiro atoms. The van der Waals surface area contributed by atoms with Gasteiger partial charge >= 0.3 is 6.09 Å². The second-order valence-electron chi connectivity index (χ2n) is 2.96. The average molecular weight is 191 g/mol. The Morgan fingerprint density at radius 1 is 1.50 bits per heavy atom. The first kappa shape index (κ1) is 10.3. The first-order valence-electron chi connectivity index (χ1n) is 4.36. The number of para-hydroxylation sites is 1. The van der Waals surface area contributed by atoms with Crippen molar-refractivity contribution in [3.05, 3.63) is 43.0 Å². The number of benzene rings is 1. The summed E-state index contributed by atoms with van der Waals surface area (Å²) < 4.78 is 0. The minimum atomic E-state index is -0.969.